The van der Waals surface area contributed by atoms with Gasteiger partial charge in [-0.05, 0) is 13.8 Å². The maximum absolute atomic E-state index is 12.9. The maximum Gasteiger partial charge on any atom is 0.416 e. The zero-order valence-corrected chi connectivity index (χ0v) is 8.70. The molecule has 0 saturated carbocycles. The summed E-state index contributed by atoms with van der Waals surface area (Å²) in [5, 5.41) is 0. The molecule has 2 rings (SSSR count). The van der Waals surface area contributed by atoms with Gasteiger partial charge in [-0.15, -0.1) is 0 Å². The van der Waals surface area contributed by atoms with E-state index in [1.54, 1.807) is 13.8 Å². The van der Waals surface area contributed by atoms with E-state index >= 15 is 0 Å². The van der Waals surface area contributed by atoms with E-state index in [0.29, 0.717) is 0 Å². The van der Waals surface area contributed by atoms with Crippen LogP contribution in [0.4, 0.5) is 19.4 Å². The van der Waals surface area contributed by atoms with Gasteiger partial charge in [-0.25, -0.2) is 4.79 Å². The first-order valence-electron chi connectivity index (χ1n) is 4.57. The highest BCUT2D eigenvalue weighted by molar-refractivity contribution is 5.90. The molecule has 1 aromatic rings. The fraction of sp³-hybridized carbons (Fsp3) is 0.444. The van der Waals surface area contributed by atoms with Crippen molar-refractivity contribution in [2.24, 2.45) is 0 Å². The minimum Gasteiger partial charge on any atom is -0.447 e. The zero-order valence-electron chi connectivity index (χ0n) is 8.70. The van der Waals surface area contributed by atoms with Gasteiger partial charge in [0, 0.05) is 6.07 Å². The number of nitrogens with zero attached hydrogens (tertiary/aromatic N) is 3. The summed E-state index contributed by atoms with van der Waals surface area (Å²) in [6, 6.07) is 0.886. The van der Waals surface area contributed by atoms with Gasteiger partial charge in [0.15, 0.2) is 0 Å². The van der Waals surface area contributed by atoms with Gasteiger partial charge in [-0.2, -0.15) is 18.7 Å². The number of carbonyl (C=O) groups is 1. The Labute approximate surface area is 90.1 Å². The van der Waals surface area contributed by atoms with E-state index in [2.05, 4.69) is 9.97 Å². The number of amides is 1. The van der Waals surface area contributed by atoms with Crippen LogP contribution in [0.1, 0.15) is 13.8 Å². The molecule has 0 unspecified atom stereocenters. The molecule has 0 atom stereocenters. The number of hydrogen-bond donors (Lipinski definition) is 0. The Balaban J connectivity index is 2.46. The molecule has 0 spiro atoms. The lowest BCUT2D eigenvalue weighted by Crippen LogP contribution is -2.42. The van der Waals surface area contributed by atoms with Crippen LogP contribution in [0.5, 0.6) is 0 Å². The summed E-state index contributed by atoms with van der Waals surface area (Å²) in [5.74, 6) is -1.17. The molecule has 0 aliphatic carbocycles. The summed E-state index contributed by atoms with van der Waals surface area (Å²) >= 11 is 0. The van der Waals surface area contributed by atoms with Crippen molar-refractivity contribution in [1.29, 1.82) is 0 Å². The van der Waals surface area contributed by atoms with Crippen LogP contribution in [-0.2, 0) is 4.74 Å². The smallest absolute Gasteiger partial charge is 0.416 e. The van der Waals surface area contributed by atoms with E-state index in [4.69, 9.17) is 4.74 Å². The molecule has 0 radical (unpaired) electrons. The van der Waals surface area contributed by atoms with E-state index in [1.165, 1.54) is 0 Å². The van der Waals surface area contributed by atoms with Gasteiger partial charge in [0.1, 0.15) is 12.4 Å². The monoisotopic (exact) mass is 229 g/mol. The highest BCUT2D eigenvalue weighted by atomic mass is 19.1. The van der Waals surface area contributed by atoms with Gasteiger partial charge in [-0.1, -0.05) is 0 Å². The quantitative estimate of drug-likeness (QED) is 0.540. The number of carbonyl (C=O) groups excluding carboxylic acids is 1. The normalized spacial score (nSPS) is 18.8. The predicted octanol–water partition coefficient (Wildman–Crippen LogP) is 1.49. The van der Waals surface area contributed by atoms with E-state index in [9.17, 15) is 13.6 Å². The molecule has 7 heteroatoms. The molecule has 1 saturated heterocycles. The molecule has 2 heterocycles. The summed E-state index contributed by atoms with van der Waals surface area (Å²) in [4.78, 5) is 18.7. The van der Waals surface area contributed by atoms with Crippen LogP contribution >= 0.6 is 0 Å². The van der Waals surface area contributed by atoms with E-state index in [1.807, 2.05) is 0 Å². The number of ether oxygens (including phenoxy) is 1. The second-order valence-electron chi connectivity index (χ2n) is 4.02. The molecule has 0 bridgehead atoms. The topological polar surface area (TPSA) is 55.3 Å². The third-order valence-electron chi connectivity index (χ3n) is 2.22. The summed E-state index contributed by atoms with van der Waals surface area (Å²) < 4.78 is 30.5. The number of halogens is 2. The van der Waals surface area contributed by atoms with Crippen molar-refractivity contribution in [2.75, 3.05) is 11.5 Å². The van der Waals surface area contributed by atoms with Gasteiger partial charge in [-0.3, -0.25) is 4.90 Å². The van der Waals surface area contributed by atoms with Crippen LogP contribution in [-0.4, -0.2) is 28.2 Å². The number of cyclic esters (lactones) is 1. The van der Waals surface area contributed by atoms with Crippen molar-refractivity contribution in [1.82, 2.24) is 9.97 Å². The summed E-state index contributed by atoms with van der Waals surface area (Å²) in [5.41, 5.74) is -0.690. The largest absolute Gasteiger partial charge is 0.447 e. The Morgan fingerprint density at radius 1 is 1.44 bits per heavy atom. The zero-order chi connectivity index (χ0) is 11.9. The number of hydrogen-bond acceptors (Lipinski definition) is 4. The van der Waals surface area contributed by atoms with Crippen molar-refractivity contribution >= 4 is 11.9 Å². The lowest BCUT2D eigenvalue weighted by molar-refractivity contribution is 0.175. The van der Waals surface area contributed by atoms with E-state index < -0.39 is 23.7 Å². The minimum atomic E-state index is -1.22. The molecule has 0 aromatic carbocycles. The molecular formula is C9H9F2N3O2. The third-order valence-corrected chi connectivity index (χ3v) is 2.22. The van der Waals surface area contributed by atoms with Crippen molar-refractivity contribution < 1.29 is 18.3 Å². The third kappa shape index (κ3) is 1.68. The first-order valence-corrected chi connectivity index (χ1v) is 4.57. The molecule has 86 valence electrons. The first kappa shape index (κ1) is 10.7. The van der Waals surface area contributed by atoms with E-state index in [-0.39, 0.29) is 12.4 Å². The van der Waals surface area contributed by atoms with Crippen LogP contribution in [0.3, 0.4) is 0 Å². The Morgan fingerprint density at radius 2 is 2.12 bits per heavy atom. The standard InChI is InChI=1S/C9H9F2N3O2/c1-9(2)4-16-8(15)14(9)6-3-5(10)12-7(11)13-6/h3H,4H2,1-2H3. The van der Waals surface area contributed by atoms with Gasteiger partial charge in [0.25, 0.3) is 0 Å². The fourth-order valence-corrected chi connectivity index (χ4v) is 1.51. The van der Waals surface area contributed by atoms with Gasteiger partial charge < -0.3 is 4.74 Å². The van der Waals surface area contributed by atoms with Crippen molar-refractivity contribution in [3.05, 3.63) is 18.1 Å². The summed E-state index contributed by atoms with van der Waals surface area (Å²) in [6.45, 7) is 3.55. The lowest BCUT2D eigenvalue weighted by Gasteiger charge is -2.26. The van der Waals surface area contributed by atoms with Crippen LogP contribution in [0.15, 0.2) is 6.07 Å². The molecule has 16 heavy (non-hydrogen) atoms. The maximum atomic E-state index is 12.9. The second kappa shape index (κ2) is 3.36. The van der Waals surface area contributed by atoms with Crippen LogP contribution in [0.2, 0.25) is 0 Å². The molecule has 5 nitrogen and oxygen atoms in total. The van der Waals surface area contributed by atoms with Gasteiger partial charge in [0.05, 0.1) is 5.54 Å². The molecule has 1 aliphatic heterocycles. The van der Waals surface area contributed by atoms with Gasteiger partial charge in [0.2, 0.25) is 5.95 Å². The van der Waals surface area contributed by atoms with Crippen molar-refractivity contribution in [3.8, 4) is 0 Å². The summed E-state index contributed by atoms with van der Waals surface area (Å²) in [6.07, 6.45) is -1.90. The Bertz CT molecular complexity index is 430. The highest BCUT2D eigenvalue weighted by Crippen LogP contribution is 2.28. The Morgan fingerprint density at radius 3 is 2.62 bits per heavy atom. The molecule has 1 aromatic heterocycles. The molecular weight excluding hydrogens is 220 g/mol. The fourth-order valence-electron chi connectivity index (χ4n) is 1.51. The number of anilines is 1. The molecule has 1 amide bonds. The Kier molecular flexibility index (Phi) is 2.25. The highest BCUT2D eigenvalue weighted by Gasteiger charge is 2.42. The van der Waals surface area contributed by atoms with Crippen molar-refractivity contribution in [2.45, 2.75) is 19.4 Å². The predicted molar refractivity (Wildman–Crippen MR) is 49.9 cm³/mol. The van der Waals surface area contributed by atoms with Gasteiger partial charge >= 0.3 is 12.2 Å². The second-order valence-corrected chi connectivity index (χ2v) is 4.02. The Hall–Kier alpha value is -1.79. The number of aromatic nitrogens is 2. The molecule has 1 fully saturated rings. The van der Waals surface area contributed by atoms with E-state index in [0.717, 1.165) is 11.0 Å². The lowest BCUT2D eigenvalue weighted by atomic mass is 10.1. The van der Waals surface area contributed by atoms with Crippen LogP contribution in [0.25, 0.3) is 0 Å². The van der Waals surface area contributed by atoms with Crippen LogP contribution < -0.4 is 4.90 Å². The average molecular weight is 229 g/mol. The SMILES string of the molecule is CC1(C)COC(=O)N1c1cc(F)nc(F)n1. The number of rotatable bonds is 1. The first-order chi connectivity index (χ1) is 7.40. The molecule has 1 aliphatic rings. The summed E-state index contributed by atoms with van der Waals surface area (Å²) in [7, 11) is 0. The van der Waals surface area contributed by atoms with Crippen molar-refractivity contribution in [3.63, 3.8) is 0 Å². The molecule has 0 N–H and O–H groups in total. The van der Waals surface area contributed by atoms with Crippen LogP contribution in [0, 0.1) is 12.0 Å². The average Bonchev–Trinajstić information content (AvgIpc) is 2.38. The minimum absolute atomic E-state index is 0.138.